The number of hydrogen-bond acceptors (Lipinski definition) is 2. The first-order valence-corrected chi connectivity index (χ1v) is 9.88. The number of aromatic carboxylic acids is 1. The summed E-state index contributed by atoms with van der Waals surface area (Å²) >= 11 is 3.36. The number of aryl methyl sites for hydroxylation is 1. The first kappa shape index (κ1) is 16.2. The quantitative estimate of drug-likeness (QED) is 0.798. The number of halogens is 1. The minimum absolute atomic E-state index is 0.0315. The van der Waals surface area contributed by atoms with Gasteiger partial charge in [0.25, 0.3) is 8.32 Å². The van der Waals surface area contributed by atoms with Gasteiger partial charge in [0.15, 0.2) is 0 Å². The van der Waals surface area contributed by atoms with Crippen molar-refractivity contribution >= 4 is 30.2 Å². The molecule has 0 spiro atoms. The molecule has 0 aliphatic carbocycles. The zero-order chi connectivity index (χ0) is 15.0. The van der Waals surface area contributed by atoms with Crippen molar-refractivity contribution in [2.45, 2.75) is 45.8 Å². The maximum atomic E-state index is 11.3. The predicted octanol–water partition coefficient (Wildman–Crippen LogP) is 4.84. The van der Waals surface area contributed by atoms with Crippen LogP contribution in [0.1, 0.15) is 36.7 Å². The molecule has 3 nitrogen and oxygen atoms in total. The summed E-state index contributed by atoms with van der Waals surface area (Å²) in [6, 6.07) is 3.41. The van der Waals surface area contributed by atoms with E-state index in [2.05, 4.69) is 49.8 Å². The summed E-state index contributed by atoms with van der Waals surface area (Å²) in [6.45, 7) is 12.5. The summed E-state index contributed by atoms with van der Waals surface area (Å²) in [6.07, 6.45) is 0. The molecule has 0 atom stereocenters. The van der Waals surface area contributed by atoms with Crippen molar-refractivity contribution in [1.29, 1.82) is 0 Å². The van der Waals surface area contributed by atoms with Crippen molar-refractivity contribution in [3.63, 3.8) is 0 Å². The first-order valence-electron chi connectivity index (χ1n) is 6.18. The van der Waals surface area contributed by atoms with Crippen LogP contribution < -0.4 is 4.43 Å². The second kappa shape index (κ2) is 5.29. The van der Waals surface area contributed by atoms with Crippen LogP contribution in [0.25, 0.3) is 0 Å². The van der Waals surface area contributed by atoms with Gasteiger partial charge < -0.3 is 9.53 Å². The third kappa shape index (κ3) is 3.60. The van der Waals surface area contributed by atoms with E-state index in [1.165, 1.54) is 0 Å². The van der Waals surface area contributed by atoms with E-state index < -0.39 is 14.3 Å². The molecule has 0 fully saturated rings. The molecule has 5 heteroatoms. The predicted molar refractivity (Wildman–Crippen MR) is 83.7 cm³/mol. The third-order valence-corrected chi connectivity index (χ3v) is 8.86. The fourth-order valence-electron chi connectivity index (χ4n) is 1.33. The van der Waals surface area contributed by atoms with Gasteiger partial charge in [-0.25, -0.2) is 4.79 Å². The molecular weight excluding hydrogens is 324 g/mol. The minimum Gasteiger partial charge on any atom is -0.543 e. The molecule has 0 saturated carbocycles. The van der Waals surface area contributed by atoms with Crippen LogP contribution in [-0.4, -0.2) is 19.4 Å². The topological polar surface area (TPSA) is 46.5 Å². The zero-order valence-electron chi connectivity index (χ0n) is 12.3. The van der Waals surface area contributed by atoms with Gasteiger partial charge in [0.2, 0.25) is 0 Å². The average molecular weight is 345 g/mol. The Bertz CT molecular complexity index is 504. The lowest BCUT2D eigenvalue weighted by Gasteiger charge is -2.37. The monoisotopic (exact) mass is 344 g/mol. The first-order chi connectivity index (χ1) is 8.45. The molecule has 1 N–H and O–H groups in total. The van der Waals surface area contributed by atoms with Gasteiger partial charge in [-0.2, -0.15) is 0 Å². The molecule has 106 valence electrons. The molecule has 0 aliphatic heterocycles. The van der Waals surface area contributed by atoms with Crippen molar-refractivity contribution in [2.75, 3.05) is 0 Å². The van der Waals surface area contributed by atoms with E-state index in [0.717, 1.165) is 10.0 Å². The smallest absolute Gasteiger partial charge is 0.339 e. The van der Waals surface area contributed by atoms with E-state index >= 15 is 0 Å². The highest BCUT2D eigenvalue weighted by Crippen LogP contribution is 2.39. The summed E-state index contributed by atoms with van der Waals surface area (Å²) < 4.78 is 6.92. The van der Waals surface area contributed by atoms with Crippen LogP contribution in [0, 0.1) is 6.92 Å². The van der Waals surface area contributed by atoms with Crippen LogP contribution in [0.15, 0.2) is 16.6 Å². The van der Waals surface area contributed by atoms with E-state index in [1.807, 2.05) is 6.92 Å². The maximum absolute atomic E-state index is 11.3. The van der Waals surface area contributed by atoms with Crippen molar-refractivity contribution < 1.29 is 14.3 Å². The number of hydrogen-bond donors (Lipinski definition) is 1. The van der Waals surface area contributed by atoms with Crippen molar-refractivity contribution in [1.82, 2.24) is 0 Å². The zero-order valence-corrected chi connectivity index (χ0v) is 14.9. The molecule has 0 saturated heterocycles. The van der Waals surface area contributed by atoms with Crippen molar-refractivity contribution in [3.05, 3.63) is 27.7 Å². The Morgan fingerprint density at radius 3 is 2.26 bits per heavy atom. The maximum Gasteiger partial charge on any atom is 0.339 e. The largest absolute Gasteiger partial charge is 0.543 e. The minimum atomic E-state index is -2.04. The number of benzene rings is 1. The Morgan fingerprint density at radius 1 is 1.32 bits per heavy atom. The molecule has 0 aromatic heterocycles. The van der Waals surface area contributed by atoms with Gasteiger partial charge in [-0.05, 0) is 42.8 Å². The SMILES string of the molecule is Cc1cc(O[Si](C)(C)C(C)(C)C)c(C(=O)O)cc1Br. The highest BCUT2D eigenvalue weighted by atomic mass is 79.9. The van der Waals surface area contributed by atoms with E-state index in [9.17, 15) is 9.90 Å². The van der Waals surface area contributed by atoms with Gasteiger partial charge in [-0.1, -0.05) is 36.7 Å². The summed E-state index contributed by atoms with van der Waals surface area (Å²) in [5.74, 6) is -0.491. The molecule has 1 aromatic carbocycles. The van der Waals surface area contributed by atoms with Crippen LogP contribution in [-0.2, 0) is 0 Å². The number of carbonyl (C=O) groups is 1. The van der Waals surface area contributed by atoms with Gasteiger partial charge in [0.1, 0.15) is 11.3 Å². The van der Waals surface area contributed by atoms with Crippen LogP contribution in [0.2, 0.25) is 18.1 Å². The fourth-order valence-corrected chi connectivity index (χ4v) is 2.70. The summed E-state index contributed by atoms with van der Waals surface area (Å²) in [5, 5.41) is 9.33. The second-order valence-corrected chi connectivity index (χ2v) is 11.8. The highest BCUT2D eigenvalue weighted by Gasteiger charge is 2.39. The van der Waals surface area contributed by atoms with Gasteiger partial charge in [0.05, 0.1) is 0 Å². The van der Waals surface area contributed by atoms with Gasteiger partial charge in [-0.3, -0.25) is 0 Å². The summed E-state index contributed by atoms with van der Waals surface area (Å²) in [4.78, 5) is 11.3. The molecule has 0 bridgehead atoms. The molecule has 0 radical (unpaired) electrons. The van der Waals surface area contributed by atoms with Crippen LogP contribution in [0.4, 0.5) is 0 Å². The standard InChI is InChI=1S/C14H21BrO3Si/c1-9-7-12(10(13(16)17)8-11(9)15)18-19(5,6)14(2,3)4/h7-8H,1-6H3,(H,16,17). The Kier molecular flexibility index (Phi) is 4.52. The molecule has 0 heterocycles. The van der Waals surface area contributed by atoms with Gasteiger partial charge >= 0.3 is 5.97 Å². The molecule has 1 aromatic rings. The lowest BCUT2D eigenvalue weighted by Crippen LogP contribution is -2.44. The van der Waals surface area contributed by atoms with Crippen LogP contribution in [0.3, 0.4) is 0 Å². The summed E-state index contributed by atoms with van der Waals surface area (Å²) in [5.41, 5.74) is 1.18. The molecule has 0 aliphatic rings. The van der Waals surface area contributed by atoms with E-state index in [1.54, 1.807) is 12.1 Å². The van der Waals surface area contributed by atoms with Crippen molar-refractivity contribution in [3.8, 4) is 5.75 Å². The molecule has 19 heavy (non-hydrogen) atoms. The number of carboxylic acid groups (broad SMARTS) is 1. The van der Waals surface area contributed by atoms with Gasteiger partial charge in [-0.15, -0.1) is 0 Å². The number of rotatable bonds is 3. The fraction of sp³-hybridized carbons (Fsp3) is 0.500. The molecule has 1 rings (SSSR count). The third-order valence-electron chi connectivity index (χ3n) is 3.66. The molecule has 0 amide bonds. The van der Waals surface area contributed by atoms with E-state index in [0.29, 0.717) is 5.75 Å². The Balaban J connectivity index is 3.28. The molecular formula is C14H21BrO3Si. The highest BCUT2D eigenvalue weighted by molar-refractivity contribution is 9.10. The second-order valence-electron chi connectivity index (χ2n) is 6.27. The normalized spacial score (nSPS) is 12.4. The Labute approximate surface area is 124 Å². The average Bonchev–Trinajstić information content (AvgIpc) is 2.20. The summed E-state index contributed by atoms with van der Waals surface area (Å²) in [7, 11) is -2.04. The number of carboxylic acids is 1. The van der Waals surface area contributed by atoms with Crippen molar-refractivity contribution in [2.24, 2.45) is 0 Å². The lowest BCUT2D eigenvalue weighted by molar-refractivity contribution is 0.0694. The van der Waals surface area contributed by atoms with Crippen LogP contribution >= 0.6 is 15.9 Å². The van der Waals surface area contributed by atoms with E-state index in [4.69, 9.17) is 4.43 Å². The van der Waals surface area contributed by atoms with E-state index in [-0.39, 0.29) is 10.6 Å². The lowest BCUT2D eigenvalue weighted by atomic mass is 10.1. The Hall–Kier alpha value is -0.813. The van der Waals surface area contributed by atoms with Crippen LogP contribution in [0.5, 0.6) is 5.75 Å². The molecule has 0 unspecified atom stereocenters. The Morgan fingerprint density at radius 2 is 1.84 bits per heavy atom. The van der Waals surface area contributed by atoms with Gasteiger partial charge in [0, 0.05) is 4.47 Å².